The normalized spacial score (nSPS) is 20.8. The zero-order valence-corrected chi connectivity index (χ0v) is 13.5. The van der Waals surface area contributed by atoms with E-state index in [1.807, 2.05) is 24.9 Å². The van der Waals surface area contributed by atoms with E-state index >= 15 is 0 Å². The number of hydrazine groups is 1. The highest BCUT2D eigenvalue weighted by Gasteiger charge is 2.32. The summed E-state index contributed by atoms with van der Waals surface area (Å²) in [4.78, 5) is 12.7. The predicted molar refractivity (Wildman–Crippen MR) is 85.4 cm³/mol. The van der Waals surface area contributed by atoms with Crippen molar-refractivity contribution in [3.05, 3.63) is 10.9 Å². The van der Waals surface area contributed by atoms with Crippen LogP contribution < -0.4 is 16.2 Å². The van der Waals surface area contributed by atoms with Gasteiger partial charge in [0.05, 0.1) is 16.9 Å². The van der Waals surface area contributed by atoms with Gasteiger partial charge in [-0.1, -0.05) is 0 Å². The second kappa shape index (κ2) is 5.08. The highest BCUT2D eigenvalue weighted by Crippen LogP contribution is 2.33. The number of nitrogens with one attached hydrogen (secondary N) is 1. The summed E-state index contributed by atoms with van der Waals surface area (Å²) < 4.78 is 23.4. The van der Waals surface area contributed by atoms with E-state index in [2.05, 4.69) is 15.4 Å². The van der Waals surface area contributed by atoms with Crippen molar-refractivity contribution in [2.24, 2.45) is 5.84 Å². The van der Waals surface area contributed by atoms with Crippen LogP contribution in [0.15, 0.2) is 6.07 Å². The van der Waals surface area contributed by atoms with E-state index in [0.717, 1.165) is 20.9 Å². The number of rotatable bonds is 3. The van der Waals surface area contributed by atoms with Crippen LogP contribution in [-0.2, 0) is 9.84 Å². The summed E-state index contributed by atoms with van der Waals surface area (Å²) in [7, 11) is -1.06. The number of hydrogen-bond donors (Lipinski definition) is 2. The second-order valence-electron chi connectivity index (χ2n) is 5.26. The van der Waals surface area contributed by atoms with Gasteiger partial charge in [0.25, 0.3) is 0 Å². The van der Waals surface area contributed by atoms with E-state index in [0.29, 0.717) is 12.4 Å². The molecule has 1 atom stereocenters. The molecule has 0 aliphatic carbocycles. The van der Waals surface area contributed by atoms with E-state index in [1.54, 1.807) is 11.3 Å². The Morgan fingerprint density at radius 3 is 2.86 bits per heavy atom. The first-order valence-corrected chi connectivity index (χ1v) is 9.21. The SMILES string of the molecule is Cc1cc2c(N(C)C3CCS(=O)(=O)C3)nc(NN)nc2s1. The monoisotopic (exact) mass is 327 g/mol. The lowest BCUT2D eigenvalue weighted by molar-refractivity contribution is 0.600. The summed E-state index contributed by atoms with van der Waals surface area (Å²) in [5, 5.41) is 0.934. The summed E-state index contributed by atoms with van der Waals surface area (Å²) in [6, 6.07) is 1.97. The number of anilines is 2. The van der Waals surface area contributed by atoms with Crippen molar-refractivity contribution < 1.29 is 8.42 Å². The molecule has 1 unspecified atom stereocenters. The van der Waals surface area contributed by atoms with Crippen LogP contribution in [0.3, 0.4) is 0 Å². The quantitative estimate of drug-likeness (QED) is 0.638. The van der Waals surface area contributed by atoms with Gasteiger partial charge in [-0.15, -0.1) is 11.3 Å². The van der Waals surface area contributed by atoms with E-state index in [4.69, 9.17) is 5.84 Å². The van der Waals surface area contributed by atoms with Crippen LogP contribution >= 0.6 is 11.3 Å². The van der Waals surface area contributed by atoms with Gasteiger partial charge in [0.15, 0.2) is 9.84 Å². The minimum Gasteiger partial charge on any atom is -0.355 e. The molecule has 3 heterocycles. The highest BCUT2D eigenvalue weighted by molar-refractivity contribution is 7.91. The number of fused-ring (bicyclic) bond motifs is 1. The fourth-order valence-corrected chi connectivity index (χ4v) is 5.26. The molecular formula is C12H17N5O2S2. The van der Waals surface area contributed by atoms with E-state index in [9.17, 15) is 8.42 Å². The lowest BCUT2D eigenvalue weighted by Gasteiger charge is -2.25. The summed E-state index contributed by atoms with van der Waals surface area (Å²) >= 11 is 1.56. The number of nitrogens with zero attached hydrogens (tertiary/aromatic N) is 3. The van der Waals surface area contributed by atoms with Crippen LogP contribution in [0, 0.1) is 6.92 Å². The second-order valence-corrected chi connectivity index (χ2v) is 8.72. The largest absolute Gasteiger partial charge is 0.355 e. The molecule has 3 N–H and O–H groups in total. The Kier molecular flexibility index (Phi) is 3.50. The number of hydrogen-bond acceptors (Lipinski definition) is 8. The molecule has 0 saturated carbocycles. The first kappa shape index (κ1) is 14.5. The van der Waals surface area contributed by atoms with Crippen LogP contribution in [0.25, 0.3) is 10.2 Å². The maximum absolute atomic E-state index is 11.7. The molecule has 1 aliphatic rings. The van der Waals surface area contributed by atoms with Gasteiger partial charge in [-0.3, -0.25) is 5.43 Å². The predicted octanol–water partition coefficient (Wildman–Crippen LogP) is 0.909. The number of aromatic nitrogens is 2. The number of nitrogens with two attached hydrogens (primary N) is 1. The Bertz CT molecular complexity index is 786. The average molecular weight is 327 g/mol. The summed E-state index contributed by atoms with van der Waals surface area (Å²) in [5.74, 6) is 6.90. The molecule has 0 amide bonds. The molecule has 0 spiro atoms. The van der Waals surface area contributed by atoms with Crippen LogP contribution in [0.2, 0.25) is 0 Å². The molecular weight excluding hydrogens is 310 g/mol. The third kappa shape index (κ3) is 2.68. The summed E-state index contributed by atoms with van der Waals surface area (Å²) in [6.45, 7) is 2.01. The van der Waals surface area contributed by atoms with Crippen molar-refractivity contribution in [3.8, 4) is 0 Å². The third-order valence-corrected chi connectivity index (χ3v) is 6.41. The average Bonchev–Trinajstić information content (AvgIpc) is 2.98. The van der Waals surface area contributed by atoms with Gasteiger partial charge in [-0.25, -0.2) is 19.2 Å². The van der Waals surface area contributed by atoms with Crippen molar-refractivity contribution >= 4 is 43.2 Å². The molecule has 1 aliphatic heterocycles. The Morgan fingerprint density at radius 2 is 2.24 bits per heavy atom. The Morgan fingerprint density at radius 1 is 1.48 bits per heavy atom. The minimum atomic E-state index is -2.94. The van der Waals surface area contributed by atoms with Gasteiger partial charge in [0, 0.05) is 18.0 Å². The molecule has 1 fully saturated rings. The number of nitrogen functional groups attached to an aromatic ring is 1. The van der Waals surface area contributed by atoms with Crippen molar-refractivity contribution in [1.82, 2.24) is 9.97 Å². The fourth-order valence-electron chi connectivity index (χ4n) is 2.61. The lowest BCUT2D eigenvalue weighted by atomic mass is 10.2. The number of thiophene rings is 1. The van der Waals surface area contributed by atoms with Crippen molar-refractivity contribution in [3.63, 3.8) is 0 Å². The van der Waals surface area contributed by atoms with Gasteiger partial charge in [0.1, 0.15) is 10.6 Å². The minimum absolute atomic E-state index is 0.0565. The Hall–Kier alpha value is -1.45. The molecule has 0 aromatic carbocycles. The molecule has 114 valence electrons. The molecule has 1 saturated heterocycles. The number of aryl methyl sites for hydroxylation is 1. The van der Waals surface area contributed by atoms with Gasteiger partial charge in [0.2, 0.25) is 5.95 Å². The van der Waals surface area contributed by atoms with Crippen molar-refractivity contribution in [2.75, 3.05) is 28.9 Å². The summed E-state index contributed by atoms with van der Waals surface area (Å²) in [5.41, 5.74) is 2.47. The summed E-state index contributed by atoms with van der Waals surface area (Å²) in [6.07, 6.45) is 0.624. The molecule has 0 bridgehead atoms. The fraction of sp³-hybridized carbons (Fsp3) is 0.500. The first-order valence-electron chi connectivity index (χ1n) is 6.57. The van der Waals surface area contributed by atoms with Crippen LogP contribution in [-0.4, -0.2) is 43.0 Å². The molecule has 9 heteroatoms. The lowest BCUT2D eigenvalue weighted by Crippen LogP contribution is -2.33. The van der Waals surface area contributed by atoms with Crippen LogP contribution in [0.5, 0.6) is 0 Å². The Labute approximate surface area is 127 Å². The van der Waals surface area contributed by atoms with Gasteiger partial charge >= 0.3 is 0 Å². The Balaban J connectivity index is 2.06. The van der Waals surface area contributed by atoms with Crippen LogP contribution in [0.1, 0.15) is 11.3 Å². The maximum atomic E-state index is 11.7. The molecule has 2 aromatic heterocycles. The van der Waals surface area contributed by atoms with Gasteiger partial charge < -0.3 is 4.90 Å². The third-order valence-electron chi connectivity index (χ3n) is 3.72. The zero-order valence-electron chi connectivity index (χ0n) is 11.8. The molecule has 7 nitrogen and oxygen atoms in total. The smallest absolute Gasteiger partial charge is 0.240 e. The zero-order chi connectivity index (χ0) is 15.2. The van der Waals surface area contributed by atoms with Gasteiger partial charge in [-0.2, -0.15) is 4.98 Å². The standard InChI is InChI=1S/C12H17N5O2S2/c1-7-5-9-10(14-12(16-13)15-11(9)20-7)17(2)8-3-4-21(18,19)6-8/h5,8H,3-4,6,13H2,1-2H3,(H,14,15,16). The van der Waals surface area contributed by atoms with E-state index in [1.165, 1.54) is 0 Å². The first-order chi connectivity index (χ1) is 9.89. The molecule has 2 aromatic rings. The van der Waals surface area contributed by atoms with Gasteiger partial charge in [-0.05, 0) is 19.4 Å². The van der Waals surface area contributed by atoms with E-state index in [-0.39, 0.29) is 17.5 Å². The molecule has 21 heavy (non-hydrogen) atoms. The topological polar surface area (TPSA) is 101 Å². The number of sulfone groups is 1. The maximum Gasteiger partial charge on any atom is 0.240 e. The van der Waals surface area contributed by atoms with E-state index < -0.39 is 9.84 Å². The highest BCUT2D eigenvalue weighted by atomic mass is 32.2. The van der Waals surface area contributed by atoms with Crippen molar-refractivity contribution in [1.29, 1.82) is 0 Å². The molecule has 0 radical (unpaired) electrons. The van der Waals surface area contributed by atoms with Crippen LogP contribution in [0.4, 0.5) is 11.8 Å². The molecule has 3 rings (SSSR count). The van der Waals surface area contributed by atoms with Crippen molar-refractivity contribution in [2.45, 2.75) is 19.4 Å².